The van der Waals surface area contributed by atoms with Gasteiger partial charge in [-0.05, 0) is 72.8 Å². The molecule has 0 atom stereocenters. The number of fused-ring (bicyclic) bond motifs is 8. The molecule has 4 aromatic rings. The molecule has 8 bridgehead atoms. The van der Waals surface area contributed by atoms with E-state index in [1.807, 2.05) is 54.8 Å². The zero-order chi connectivity index (χ0) is 19.9. The molecule has 0 radical (unpaired) electrons. The van der Waals surface area contributed by atoms with Crippen LogP contribution in [0.15, 0.2) is 67.0 Å². The van der Waals surface area contributed by atoms with Gasteiger partial charge in [0.05, 0.1) is 22.8 Å². The SMILES string of the molecule is C1=Cc2nc1cc1ccc(cc3ccc(cc4nc(c2-c2cccnc2)C=C4)[nH]3)[nH]1. The maximum absolute atomic E-state index is 4.87. The Morgan fingerprint density at radius 1 is 0.600 bits per heavy atom. The summed E-state index contributed by atoms with van der Waals surface area (Å²) in [5.41, 5.74) is 9.60. The largest absolute Gasteiger partial charge is 0.355 e. The molecule has 0 amide bonds. The van der Waals surface area contributed by atoms with Gasteiger partial charge in [0.25, 0.3) is 0 Å². The van der Waals surface area contributed by atoms with E-state index in [0.29, 0.717) is 0 Å². The highest BCUT2D eigenvalue weighted by atomic mass is 14.8. The molecule has 6 heterocycles. The van der Waals surface area contributed by atoms with E-state index in [9.17, 15) is 0 Å². The quantitative estimate of drug-likeness (QED) is 0.379. The van der Waals surface area contributed by atoms with Crippen LogP contribution in [-0.2, 0) is 0 Å². The number of nitrogens with zero attached hydrogens (tertiary/aromatic N) is 3. The first kappa shape index (κ1) is 16.7. The Labute approximate surface area is 172 Å². The van der Waals surface area contributed by atoms with Crippen molar-refractivity contribution in [1.29, 1.82) is 0 Å². The van der Waals surface area contributed by atoms with E-state index in [-0.39, 0.29) is 0 Å². The van der Waals surface area contributed by atoms with Crippen molar-refractivity contribution < 1.29 is 0 Å². The summed E-state index contributed by atoms with van der Waals surface area (Å²) in [6.07, 6.45) is 11.8. The Balaban J connectivity index is 1.73. The molecular weight excluding hydrogens is 370 g/mol. The number of rotatable bonds is 1. The number of hydrogen-bond acceptors (Lipinski definition) is 3. The van der Waals surface area contributed by atoms with Gasteiger partial charge in [0, 0.05) is 45.6 Å². The molecule has 4 aromatic heterocycles. The lowest BCUT2D eigenvalue weighted by Crippen LogP contribution is -1.89. The zero-order valence-corrected chi connectivity index (χ0v) is 16.0. The molecule has 0 saturated heterocycles. The van der Waals surface area contributed by atoms with Gasteiger partial charge in [0.15, 0.2) is 0 Å². The average molecular weight is 387 g/mol. The first-order chi connectivity index (χ1) is 14.8. The van der Waals surface area contributed by atoms with Gasteiger partial charge in [-0.15, -0.1) is 0 Å². The molecule has 142 valence electrons. The molecule has 5 heteroatoms. The zero-order valence-electron chi connectivity index (χ0n) is 16.0. The van der Waals surface area contributed by atoms with Crippen molar-refractivity contribution in [3.05, 3.63) is 89.8 Å². The normalized spacial score (nSPS) is 12.4. The Hall–Kier alpha value is -4.25. The fourth-order valence-corrected chi connectivity index (χ4v) is 3.81. The van der Waals surface area contributed by atoms with Gasteiger partial charge in [-0.25, -0.2) is 9.97 Å². The second-order valence-corrected chi connectivity index (χ2v) is 7.30. The van der Waals surface area contributed by atoms with E-state index in [1.165, 1.54) is 0 Å². The smallest absolute Gasteiger partial charge is 0.0738 e. The summed E-state index contributed by atoms with van der Waals surface area (Å²) < 4.78 is 0. The lowest BCUT2D eigenvalue weighted by molar-refractivity contribution is 1.26. The van der Waals surface area contributed by atoms with Crippen LogP contribution in [0, 0.1) is 0 Å². The first-order valence-corrected chi connectivity index (χ1v) is 9.78. The van der Waals surface area contributed by atoms with Crippen molar-refractivity contribution in [2.24, 2.45) is 0 Å². The summed E-state index contributed by atoms with van der Waals surface area (Å²) in [6.45, 7) is 0. The van der Waals surface area contributed by atoms with Crippen LogP contribution in [0.3, 0.4) is 0 Å². The second kappa shape index (κ2) is 6.67. The van der Waals surface area contributed by atoms with Crippen molar-refractivity contribution in [2.45, 2.75) is 0 Å². The standard InChI is InChI=1S/C25H17N5/c1-2-16(15-26-11-1)25-23-9-7-21(29-23)13-19-5-3-17(27-19)12-18-4-6-20(28-18)14-22-8-10-24(25)30-22/h1-15,27-28H. The fraction of sp³-hybridized carbons (Fsp3) is 0. The summed E-state index contributed by atoms with van der Waals surface area (Å²) >= 11 is 0. The molecule has 6 rings (SSSR count). The number of nitrogens with one attached hydrogen (secondary N) is 2. The minimum absolute atomic E-state index is 0.881. The summed E-state index contributed by atoms with van der Waals surface area (Å²) in [5.74, 6) is 0. The van der Waals surface area contributed by atoms with Crippen LogP contribution < -0.4 is 0 Å². The number of pyridine rings is 1. The number of aromatic nitrogens is 5. The minimum atomic E-state index is 0.881. The van der Waals surface area contributed by atoms with Crippen LogP contribution in [0.4, 0.5) is 0 Å². The maximum atomic E-state index is 4.87. The number of aromatic amines is 2. The Kier molecular flexibility index (Phi) is 3.71. The highest BCUT2D eigenvalue weighted by Crippen LogP contribution is 2.30. The molecule has 0 aromatic carbocycles. The van der Waals surface area contributed by atoms with E-state index in [4.69, 9.17) is 9.97 Å². The third-order valence-corrected chi connectivity index (χ3v) is 5.17. The third kappa shape index (κ3) is 3.02. The second-order valence-electron chi connectivity index (χ2n) is 7.30. The van der Waals surface area contributed by atoms with E-state index >= 15 is 0 Å². The first-order valence-electron chi connectivity index (χ1n) is 9.78. The molecule has 0 unspecified atom stereocenters. The molecular formula is C25H17N5. The van der Waals surface area contributed by atoms with Gasteiger partial charge in [-0.3, -0.25) is 4.98 Å². The van der Waals surface area contributed by atoms with Crippen molar-refractivity contribution >= 4 is 46.4 Å². The topological polar surface area (TPSA) is 70.2 Å². The molecule has 2 aliphatic rings. The summed E-state index contributed by atoms with van der Waals surface area (Å²) in [5, 5.41) is 0. The van der Waals surface area contributed by atoms with E-state index in [2.05, 4.69) is 45.3 Å². The van der Waals surface area contributed by atoms with E-state index in [0.717, 1.165) is 56.0 Å². The van der Waals surface area contributed by atoms with E-state index in [1.54, 1.807) is 6.20 Å². The van der Waals surface area contributed by atoms with Crippen molar-refractivity contribution in [3.8, 4) is 11.1 Å². The van der Waals surface area contributed by atoms with Gasteiger partial charge >= 0.3 is 0 Å². The Morgan fingerprint density at radius 3 is 1.70 bits per heavy atom. The Bertz CT molecular complexity index is 1390. The predicted molar refractivity (Wildman–Crippen MR) is 122 cm³/mol. The minimum Gasteiger partial charge on any atom is -0.355 e. The molecule has 0 spiro atoms. The van der Waals surface area contributed by atoms with Crippen molar-refractivity contribution in [2.75, 3.05) is 0 Å². The van der Waals surface area contributed by atoms with Gasteiger partial charge in [0.1, 0.15) is 0 Å². The Morgan fingerprint density at radius 2 is 1.17 bits per heavy atom. The molecule has 30 heavy (non-hydrogen) atoms. The van der Waals surface area contributed by atoms with Crippen LogP contribution >= 0.6 is 0 Å². The van der Waals surface area contributed by atoms with E-state index < -0.39 is 0 Å². The molecule has 0 fully saturated rings. The van der Waals surface area contributed by atoms with Crippen molar-refractivity contribution in [1.82, 2.24) is 24.9 Å². The predicted octanol–water partition coefficient (Wildman–Crippen LogP) is 5.72. The van der Waals surface area contributed by atoms with Crippen LogP contribution in [0.1, 0.15) is 22.8 Å². The molecule has 0 aliphatic carbocycles. The summed E-state index contributed by atoms with van der Waals surface area (Å²) in [4.78, 5) is 20.9. The monoisotopic (exact) mass is 387 g/mol. The molecule has 0 saturated carbocycles. The van der Waals surface area contributed by atoms with Gasteiger partial charge in [0.2, 0.25) is 0 Å². The van der Waals surface area contributed by atoms with Crippen LogP contribution in [0.2, 0.25) is 0 Å². The van der Waals surface area contributed by atoms with Crippen LogP contribution in [-0.4, -0.2) is 24.9 Å². The lowest BCUT2D eigenvalue weighted by Gasteiger charge is -2.03. The van der Waals surface area contributed by atoms with Gasteiger partial charge < -0.3 is 9.97 Å². The summed E-state index contributed by atoms with van der Waals surface area (Å²) in [7, 11) is 0. The van der Waals surface area contributed by atoms with Gasteiger partial charge in [-0.2, -0.15) is 0 Å². The average Bonchev–Trinajstić information content (AvgIpc) is 3.54. The highest BCUT2D eigenvalue weighted by molar-refractivity contribution is 5.88. The van der Waals surface area contributed by atoms with Crippen LogP contribution in [0.25, 0.3) is 57.5 Å². The van der Waals surface area contributed by atoms with Crippen molar-refractivity contribution in [3.63, 3.8) is 0 Å². The van der Waals surface area contributed by atoms with Crippen LogP contribution in [0.5, 0.6) is 0 Å². The highest BCUT2D eigenvalue weighted by Gasteiger charge is 2.13. The maximum Gasteiger partial charge on any atom is 0.0738 e. The number of H-pyrrole nitrogens is 2. The number of hydrogen-bond donors (Lipinski definition) is 2. The fourth-order valence-electron chi connectivity index (χ4n) is 3.81. The van der Waals surface area contributed by atoms with Gasteiger partial charge in [-0.1, -0.05) is 6.07 Å². The molecule has 2 N–H and O–H groups in total. The lowest BCUT2D eigenvalue weighted by atomic mass is 10.0. The summed E-state index contributed by atoms with van der Waals surface area (Å²) in [6, 6.07) is 18.4. The molecule has 2 aliphatic heterocycles. The third-order valence-electron chi connectivity index (χ3n) is 5.17. The molecule has 5 nitrogen and oxygen atoms in total.